The van der Waals surface area contributed by atoms with E-state index in [9.17, 15) is 14.4 Å². The Bertz CT molecular complexity index is 1010. The highest BCUT2D eigenvalue weighted by atomic mass is 35.5. The van der Waals surface area contributed by atoms with E-state index in [0.717, 1.165) is 31.2 Å². The van der Waals surface area contributed by atoms with Crippen LogP contribution >= 0.6 is 11.6 Å². The fraction of sp³-hybridized carbons (Fsp3) is 0.577. The molecule has 35 heavy (non-hydrogen) atoms. The van der Waals surface area contributed by atoms with Gasteiger partial charge in [0.1, 0.15) is 0 Å². The minimum atomic E-state index is -0.658. The minimum absolute atomic E-state index is 0.0648. The van der Waals surface area contributed by atoms with Gasteiger partial charge in [-0.2, -0.15) is 0 Å². The molecule has 2 unspecified atom stereocenters. The van der Waals surface area contributed by atoms with Gasteiger partial charge >= 0.3 is 12.0 Å². The van der Waals surface area contributed by atoms with Crippen LogP contribution in [0.1, 0.15) is 51.1 Å². The summed E-state index contributed by atoms with van der Waals surface area (Å²) < 4.78 is 5.41. The summed E-state index contributed by atoms with van der Waals surface area (Å²) in [4.78, 5) is 44.8. The van der Waals surface area contributed by atoms with Crippen LogP contribution in [0.4, 0.5) is 4.79 Å². The van der Waals surface area contributed by atoms with Crippen molar-refractivity contribution < 1.29 is 19.1 Å². The number of benzene rings is 1. The summed E-state index contributed by atoms with van der Waals surface area (Å²) in [6.45, 7) is 6.48. The molecule has 2 heterocycles. The molecule has 8 nitrogen and oxygen atoms in total. The minimum Gasteiger partial charge on any atom is -0.463 e. The van der Waals surface area contributed by atoms with Crippen LogP contribution < -0.4 is 5.32 Å². The summed E-state index contributed by atoms with van der Waals surface area (Å²) in [5, 5.41) is 3.45. The van der Waals surface area contributed by atoms with Crippen LogP contribution in [-0.4, -0.2) is 78.5 Å². The highest BCUT2D eigenvalue weighted by Crippen LogP contribution is 2.33. The molecule has 4 rings (SSSR count). The van der Waals surface area contributed by atoms with Crippen molar-refractivity contribution in [2.45, 2.75) is 51.6 Å². The molecule has 2 aliphatic heterocycles. The molecule has 1 N–H and O–H groups in total. The van der Waals surface area contributed by atoms with Gasteiger partial charge in [0.25, 0.3) is 0 Å². The van der Waals surface area contributed by atoms with E-state index < -0.39 is 12.0 Å². The lowest BCUT2D eigenvalue weighted by atomic mass is 9.94. The molecule has 3 aliphatic rings. The first-order valence-corrected chi connectivity index (χ1v) is 12.9. The van der Waals surface area contributed by atoms with Crippen molar-refractivity contribution in [1.82, 2.24) is 20.0 Å². The molecule has 2 fully saturated rings. The van der Waals surface area contributed by atoms with E-state index in [1.807, 2.05) is 11.0 Å². The van der Waals surface area contributed by atoms with Crippen LogP contribution in [0, 0.1) is 5.92 Å². The lowest BCUT2D eigenvalue weighted by Gasteiger charge is -2.43. The average Bonchev–Trinajstić information content (AvgIpc) is 3.37. The number of piperazine rings is 1. The molecule has 0 aromatic heterocycles. The van der Waals surface area contributed by atoms with Gasteiger partial charge in [0.2, 0.25) is 5.91 Å². The highest BCUT2D eigenvalue weighted by molar-refractivity contribution is 6.30. The van der Waals surface area contributed by atoms with E-state index in [1.165, 1.54) is 4.90 Å². The van der Waals surface area contributed by atoms with E-state index in [-0.39, 0.29) is 30.5 Å². The Balaban J connectivity index is 1.59. The van der Waals surface area contributed by atoms with Crippen LogP contribution in [0.3, 0.4) is 0 Å². The number of ether oxygens (including phenoxy) is 1. The molecule has 190 valence electrons. The van der Waals surface area contributed by atoms with Crippen molar-refractivity contribution in [3.05, 3.63) is 46.1 Å². The number of hydrogen-bond acceptors (Lipinski definition) is 5. The summed E-state index contributed by atoms with van der Waals surface area (Å²) in [7, 11) is 1.67. The Hall–Kier alpha value is -2.58. The molecule has 2 atom stereocenters. The van der Waals surface area contributed by atoms with Gasteiger partial charge in [-0.25, -0.2) is 9.59 Å². The Labute approximate surface area is 212 Å². The largest absolute Gasteiger partial charge is 0.463 e. The molecule has 1 aromatic rings. The maximum atomic E-state index is 13.2. The fourth-order valence-electron chi connectivity index (χ4n) is 5.46. The van der Waals surface area contributed by atoms with Gasteiger partial charge in [-0.15, -0.1) is 0 Å². The van der Waals surface area contributed by atoms with Crippen LogP contribution in [-0.2, 0) is 14.3 Å². The van der Waals surface area contributed by atoms with Gasteiger partial charge in [-0.05, 0) is 44.4 Å². The fourth-order valence-corrected chi connectivity index (χ4v) is 5.66. The first-order valence-electron chi connectivity index (χ1n) is 12.5. The average molecular weight is 503 g/mol. The van der Waals surface area contributed by atoms with Crippen LogP contribution in [0.2, 0.25) is 5.02 Å². The molecule has 0 bridgehead atoms. The van der Waals surface area contributed by atoms with E-state index in [2.05, 4.69) is 17.1 Å². The smallest absolute Gasteiger partial charge is 0.338 e. The van der Waals surface area contributed by atoms with E-state index in [0.29, 0.717) is 42.5 Å². The number of urea groups is 1. The number of halogens is 1. The topological polar surface area (TPSA) is 82.2 Å². The van der Waals surface area contributed by atoms with Crippen molar-refractivity contribution in [2.75, 3.05) is 39.8 Å². The third-order valence-electron chi connectivity index (χ3n) is 7.33. The molecule has 1 aromatic carbocycles. The summed E-state index contributed by atoms with van der Waals surface area (Å²) in [6, 6.07) is 6.26. The molecule has 1 saturated carbocycles. The van der Waals surface area contributed by atoms with Crippen molar-refractivity contribution in [1.29, 1.82) is 0 Å². The van der Waals surface area contributed by atoms with Crippen molar-refractivity contribution in [3.8, 4) is 0 Å². The zero-order valence-corrected chi connectivity index (χ0v) is 21.5. The molecule has 1 aliphatic carbocycles. The van der Waals surface area contributed by atoms with Crippen LogP contribution in [0.15, 0.2) is 35.5 Å². The third kappa shape index (κ3) is 5.48. The quantitative estimate of drug-likeness (QED) is 0.601. The van der Waals surface area contributed by atoms with Gasteiger partial charge in [-0.3, -0.25) is 14.6 Å². The number of carbonyl (C=O) groups excluding carboxylic acids is 3. The molecular weight excluding hydrogens is 468 g/mol. The normalized spacial score (nSPS) is 24.1. The first-order chi connectivity index (χ1) is 16.8. The molecule has 3 amide bonds. The number of nitrogens with zero attached hydrogens (tertiary/aromatic N) is 3. The number of rotatable bonds is 6. The predicted octanol–water partition coefficient (Wildman–Crippen LogP) is 3.58. The zero-order valence-electron chi connectivity index (χ0n) is 20.8. The number of hydrogen-bond donors (Lipinski definition) is 1. The SMILES string of the molecule is CCOC(=O)C1=C(CN2CCN(C(=O)C3CCCC3)C(C)C2)N(C)C(=O)NC1c1cccc(Cl)c1. The Morgan fingerprint density at radius 3 is 2.60 bits per heavy atom. The summed E-state index contributed by atoms with van der Waals surface area (Å²) in [5.74, 6) is -0.0209. The first kappa shape index (κ1) is 25.5. The van der Waals surface area contributed by atoms with Gasteiger partial charge in [0, 0.05) is 55.9 Å². The van der Waals surface area contributed by atoms with Crippen molar-refractivity contribution >= 4 is 29.5 Å². The van der Waals surface area contributed by atoms with E-state index in [4.69, 9.17) is 16.3 Å². The van der Waals surface area contributed by atoms with Gasteiger partial charge < -0.3 is 15.0 Å². The maximum Gasteiger partial charge on any atom is 0.338 e. The molecule has 0 spiro atoms. The summed E-state index contributed by atoms with van der Waals surface area (Å²) in [5.41, 5.74) is 1.74. The number of carbonyl (C=O) groups is 3. The summed E-state index contributed by atoms with van der Waals surface area (Å²) >= 11 is 6.22. The second-order valence-electron chi connectivity index (χ2n) is 9.67. The van der Waals surface area contributed by atoms with Crippen molar-refractivity contribution in [3.63, 3.8) is 0 Å². The lowest BCUT2D eigenvalue weighted by molar-refractivity contribution is -0.140. The molecule has 9 heteroatoms. The van der Waals surface area contributed by atoms with E-state index in [1.54, 1.807) is 32.2 Å². The van der Waals surface area contributed by atoms with Gasteiger partial charge in [-0.1, -0.05) is 36.6 Å². The highest BCUT2D eigenvalue weighted by Gasteiger charge is 2.39. The van der Waals surface area contributed by atoms with E-state index >= 15 is 0 Å². The Kier molecular flexibility index (Phi) is 8.02. The number of likely N-dealkylation sites (N-methyl/N-ethyl adjacent to an activating group) is 1. The lowest BCUT2D eigenvalue weighted by Crippen LogP contribution is -2.57. The van der Waals surface area contributed by atoms with Crippen LogP contribution in [0.5, 0.6) is 0 Å². The number of nitrogens with one attached hydrogen (secondary N) is 1. The van der Waals surface area contributed by atoms with Gasteiger partial charge in [0.05, 0.1) is 18.2 Å². The summed E-state index contributed by atoms with van der Waals surface area (Å²) in [6.07, 6.45) is 4.26. The monoisotopic (exact) mass is 502 g/mol. The zero-order chi connectivity index (χ0) is 25.1. The number of amides is 3. The van der Waals surface area contributed by atoms with Crippen LogP contribution in [0.25, 0.3) is 0 Å². The second-order valence-corrected chi connectivity index (χ2v) is 10.1. The van der Waals surface area contributed by atoms with Gasteiger partial charge in [0.15, 0.2) is 0 Å². The Morgan fingerprint density at radius 2 is 1.94 bits per heavy atom. The molecule has 0 radical (unpaired) electrons. The molecular formula is C26H35ClN4O4. The maximum absolute atomic E-state index is 13.2. The standard InChI is InChI=1S/C26H35ClN4O4/c1-4-35-25(33)22-21(29(3)26(34)28-23(22)19-10-7-11-20(27)14-19)16-30-12-13-31(17(2)15-30)24(32)18-8-5-6-9-18/h7,10-11,14,17-18,23H,4-6,8-9,12-13,15-16H2,1-3H3,(H,28,34). The predicted molar refractivity (Wildman–Crippen MR) is 134 cm³/mol. The third-order valence-corrected chi connectivity index (χ3v) is 7.56. The second kappa shape index (κ2) is 11.0. The number of esters is 1. The molecule has 1 saturated heterocycles. The van der Waals surface area contributed by atoms with Crippen molar-refractivity contribution in [2.24, 2.45) is 5.92 Å². The Morgan fingerprint density at radius 1 is 1.20 bits per heavy atom.